The molecule has 2 amide bonds. The van der Waals surface area contributed by atoms with Gasteiger partial charge in [-0.05, 0) is 26.0 Å². The molecule has 23 heavy (non-hydrogen) atoms. The molecule has 0 bridgehead atoms. The second kappa shape index (κ2) is 6.66. The molecule has 124 valence electrons. The van der Waals surface area contributed by atoms with Crippen LogP contribution in [0.5, 0.6) is 0 Å². The number of hydrogen-bond acceptors (Lipinski definition) is 4. The number of ether oxygens (including phenoxy) is 1. The predicted octanol–water partition coefficient (Wildman–Crippen LogP) is 1.07. The van der Waals surface area contributed by atoms with E-state index >= 15 is 0 Å². The van der Waals surface area contributed by atoms with Crippen LogP contribution in [0.4, 0.5) is 0 Å². The molecule has 2 fully saturated rings. The van der Waals surface area contributed by atoms with E-state index in [-0.39, 0.29) is 29.9 Å². The Hall–Kier alpha value is -1.95. The van der Waals surface area contributed by atoms with Crippen LogP contribution >= 0.6 is 0 Å². The molecule has 0 saturated carbocycles. The Morgan fingerprint density at radius 3 is 2.91 bits per heavy atom. The van der Waals surface area contributed by atoms with Gasteiger partial charge in [0.2, 0.25) is 11.8 Å². The van der Waals surface area contributed by atoms with Gasteiger partial charge in [0.1, 0.15) is 0 Å². The largest absolute Gasteiger partial charge is 0.375 e. The fourth-order valence-corrected chi connectivity index (χ4v) is 3.22. The van der Waals surface area contributed by atoms with Crippen molar-refractivity contribution in [2.75, 3.05) is 19.7 Å². The maximum absolute atomic E-state index is 12.8. The first-order chi connectivity index (χ1) is 11.0. The number of rotatable bonds is 3. The molecule has 0 aromatic carbocycles. The molecule has 2 saturated heterocycles. The summed E-state index contributed by atoms with van der Waals surface area (Å²) in [4.78, 5) is 32.9. The lowest BCUT2D eigenvalue weighted by atomic mass is 10.0. The summed E-state index contributed by atoms with van der Waals surface area (Å²) in [5.74, 6) is -0.147. The van der Waals surface area contributed by atoms with Crippen LogP contribution < -0.4 is 0 Å². The monoisotopic (exact) mass is 317 g/mol. The van der Waals surface area contributed by atoms with Gasteiger partial charge in [-0.3, -0.25) is 14.6 Å². The fraction of sp³-hybridized carbons (Fsp3) is 0.588. The molecule has 6 heteroatoms. The van der Waals surface area contributed by atoms with Crippen LogP contribution in [0, 0.1) is 5.92 Å². The maximum Gasteiger partial charge on any atom is 0.228 e. The van der Waals surface area contributed by atoms with E-state index in [4.69, 9.17) is 4.74 Å². The van der Waals surface area contributed by atoms with E-state index in [0.29, 0.717) is 32.7 Å². The van der Waals surface area contributed by atoms with E-state index < -0.39 is 0 Å². The van der Waals surface area contributed by atoms with Crippen LogP contribution in [0.3, 0.4) is 0 Å². The lowest BCUT2D eigenvalue weighted by Gasteiger charge is -2.38. The fourth-order valence-electron chi connectivity index (χ4n) is 3.22. The van der Waals surface area contributed by atoms with Crippen molar-refractivity contribution in [1.29, 1.82) is 0 Å². The highest BCUT2D eigenvalue weighted by Crippen LogP contribution is 2.24. The maximum atomic E-state index is 12.8. The first-order valence-electron chi connectivity index (χ1n) is 8.14. The van der Waals surface area contributed by atoms with Crippen molar-refractivity contribution in [2.24, 2.45) is 5.92 Å². The molecule has 1 aromatic rings. The third-order valence-electron chi connectivity index (χ3n) is 4.53. The molecule has 0 aliphatic carbocycles. The molecule has 0 N–H and O–H groups in total. The van der Waals surface area contributed by atoms with E-state index in [9.17, 15) is 9.59 Å². The van der Waals surface area contributed by atoms with Gasteiger partial charge in [0.05, 0.1) is 36.9 Å². The SMILES string of the molecule is C[C@@H]1CN(C(=O)[C@H]2CC(=O)N(Cc3ccccn3)C2)[C@H](C)CO1. The van der Waals surface area contributed by atoms with Crippen molar-refractivity contribution in [2.45, 2.75) is 39.0 Å². The van der Waals surface area contributed by atoms with Crippen molar-refractivity contribution in [3.05, 3.63) is 30.1 Å². The normalized spacial score (nSPS) is 28.3. The Balaban J connectivity index is 1.63. The third kappa shape index (κ3) is 3.52. The summed E-state index contributed by atoms with van der Waals surface area (Å²) in [5, 5.41) is 0. The Morgan fingerprint density at radius 1 is 1.35 bits per heavy atom. The average molecular weight is 317 g/mol. The number of pyridine rings is 1. The van der Waals surface area contributed by atoms with Crippen LogP contribution in [-0.4, -0.2) is 58.4 Å². The molecule has 3 atom stereocenters. The van der Waals surface area contributed by atoms with Crippen LogP contribution in [0.25, 0.3) is 0 Å². The lowest BCUT2D eigenvalue weighted by molar-refractivity contribution is -0.147. The van der Waals surface area contributed by atoms with E-state index in [0.717, 1.165) is 5.69 Å². The smallest absolute Gasteiger partial charge is 0.228 e. The highest BCUT2D eigenvalue weighted by Gasteiger charge is 2.39. The predicted molar refractivity (Wildman–Crippen MR) is 84.4 cm³/mol. The molecule has 0 radical (unpaired) electrons. The Labute approximate surface area is 136 Å². The van der Waals surface area contributed by atoms with Crippen molar-refractivity contribution in [1.82, 2.24) is 14.8 Å². The zero-order valence-electron chi connectivity index (χ0n) is 13.6. The molecule has 2 aliphatic heterocycles. The summed E-state index contributed by atoms with van der Waals surface area (Å²) in [5.41, 5.74) is 0.849. The van der Waals surface area contributed by atoms with Gasteiger partial charge in [-0.2, -0.15) is 0 Å². The molecule has 1 aromatic heterocycles. The van der Waals surface area contributed by atoms with E-state index in [1.54, 1.807) is 11.1 Å². The summed E-state index contributed by atoms with van der Waals surface area (Å²) < 4.78 is 5.57. The summed E-state index contributed by atoms with van der Waals surface area (Å²) >= 11 is 0. The van der Waals surface area contributed by atoms with Crippen molar-refractivity contribution in [3.63, 3.8) is 0 Å². The van der Waals surface area contributed by atoms with E-state index in [2.05, 4.69) is 4.98 Å². The third-order valence-corrected chi connectivity index (χ3v) is 4.53. The number of morpholine rings is 1. The molecule has 0 spiro atoms. The number of aromatic nitrogens is 1. The molecule has 3 rings (SSSR count). The molecule has 0 unspecified atom stereocenters. The number of amides is 2. The van der Waals surface area contributed by atoms with Crippen molar-refractivity contribution >= 4 is 11.8 Å². The summed E-state index contributed by atoms with van der Waals surface area (Å²) in [7, 11) is 0. The zero-order chi connectivity index (χ0) is 16.4. The van der Waals surface area contributed by atoms with Crippen molar-refractivity contribution in [3.8, 4) is 0 Å². The zero-order valence-corrected chi connectivity index (χ0v) is 13.6. The second-order valence-electron chi connectivity index (χ2n) is 6.48. The molecular formula is C17H23N3O3. The number of likely N-dealkylation sites (tertiary alicyclic amines) is 1. The van der Waals surface area contributed by atoms with E-state index in [1.165, 1.54) is 0 Å². The Kier molecular flexibility index (Phi) is 4.61. The van der Waals surface area contributed by atoms with Crippen LogP contribution in [0.15, 0.2) is 24.4 Å². The van der Waals surface area contributed by atoms with Gasteiger partial charge in [0, 0.05) is 25.7 Å². The van der Waals surface area contributed by atoms with E-state index in [1.807, 2.05) is 36.9 Å². The highest BCUT2D eigenvalue weighted by molar-refractivity contribution is 5.89. The standard InChI is InChI=1S/C17H23N3O3/c1-12-11-23-13(2)8-20(12)17(22)14-7-16(21)19(9-14)10-15-5-3-4-6-18-15/h3-6,12-14H,7-11H2,1-2H3/t12-,13-,14+/m1/s1. The highest BCUT2D eigenvalue weighted by atomic mass is 16.5. The summed E-state index contributed by atoms with van der Waals surface area (Å²) in [6.45, 7) is 6.08. The van der Waals surface area contributed by atoms with Gasteiger partial charge in [0.25, 0.3) is 0 Å². The van der Waals surface area contributed by atoms with Gasteiger partial charge < -0.3 is 14.5 Å². The van der Waals surface area contributed by atoms with Gasteiger partial charge in [-0.1, -0.05) is 6.07 Å². The molecule has 2 aliphatic rings. The van der Waals surface area contributed by atoms with Gasteiger partial charge >= 0.3 is 0 Å². The number of nitrogens with zero attached hydrogens (tertiary/aromatic N) is 3. The summed E-state index contributed by atoms with van der Waals surface area (Å²) in [6.07, 6.45) is 2.07. The average Bonchev–Trinajstić information content (AvgIpc) is 2.91. The Bertz CT molecular complexity index is 578. The van der Waals surface area contributed by atoms with Gasteiger partial charge in [-0.25, -0.2) is 0 Å². The quantitative estimate of drug-likeness (QED) is 0.836. The van der Waals surface area contributed by atoms with Gasteiger partial charge in [0.15, 0.2) is 0 Å². The minimum Gasteiger partial charge on any atom is -0.375 e. The number of hydrogen-bond donors (Lipinski definition) is 0. The lowest BCUT2D eigenvalue weighted by Crippen LogP contribution is -2.52. The minimum absolute atomic E-state index is 0.0305. The first-order valence-corrected chi connectivity index (χ1v) is 8.14. The van der Waals surface area contributed by atoms with Crippen LogP contribution in [0.1, 0.15) is 26.0 Å². The van der Waals surface area contributed by atoms with Crippen LogP contribution in [0.2, 0.25) is 0 Å². The Morgan fingerprint density at radius 2 is 2.17 bits per heavy atom. The first kappa shape index (κ1) is 15.9. The number of carbonyl (C=O) groups is 2. The number of carbonyl (C=O) groups excluding carboxylic acids is 2. The molecule has 6 nitrogen and oxygen atoms in total. The topological polar surface area (TPSA) is 62.7 Å². The van der Waals surface area contributed by atoms with Crippen LogP contribution in [-0.2, 0) is 20.9 Å². The summed E-state index contributed by atoms with van der Waals surface area (Å²) in [6, 6.07) is 5.72. The second-order valence-corrected chi connectivity index (χ2v) is 6.48. The van der Waals surface area contributed by atoms with Gasteiger partial charge in [-0.15, -0.1) is 0 Å². The molecular weight excluding hydrogens is 294 g/mol. The van der Waals surface area contributed by atoms with Crippen molar-refractivity contribution < 1.29 is 14.3 Å². The molecule has 3 heterocycles. The minimum atomic E-state index is -0.251.